The van der Waals surface area contributed by atoms with Gasteiger partial charge in [0.05, 0.1) is 7.11 Å². The van der Waals surface area contributed by atoms with Gasteiger partial charge < -0.3 is 19.5 Å². The summed E-state index contributed by atoms with van der Waals surface area (Å²) in [7, 11) is 1.68. The van der Waals surface area contributed by atoms with E-state index in [1.165, 1.54) is 11.1 Å². The number of aryl methyl sites for hydroxylation is 1. The molecule has 3 rings (SSSR count). The molecule has 0 fully saturated rings. The minimum Gasteiger partial charge on any atom is -0.496 e. The standard InChI is InChI=1S/C19H21NO4/c1-3-14-10-13(4-6-16(14)22-2)8-9-20-19(21)15-5-7-17-18(11-15)24-12-23-17/h4-7,10-11H,3,8-9,12H2,1-2H3,(H,20,21). The second-order valence-corrected chi connectivity index (χ2v) is 5.57. The molecule has 0 radical (unpaired) electrons. The van der Waals surface area contributed by atoms with Crippen LogP contribution in [0.15, 0.2) is 36.4 Å². The first-order valence-corrected chi connectivity index (χ1v) is 8.05. The van der Waals surface area contributed by atoms with Crippen LogP contribution in [0.5, 0.6) is 17.2 Å². The summed E-state index contributed by atoms with van der Waals surface area (Å²) >= 11 is 0. The highest BCUT2D eigenvalue weighted by Crippen LogP contribution is 2.32. The first-order chi connectivity index (χ1) is 11.7. The molecule has 0 saturated carbocycles. The first-order valence-electron chi connectivity index (χ1n) is 8.05. The van der Waals surface area contributed by atoms with Gasteiger partial charge in [0, 0.05) is 12.1 Å². The third-order valence-electron chi connectivity index (χ3n) is 4.06. The Bertz CT molecular complexity index is 742. The Morgan fingerprint density at radius 1 is 1.17 bits per heavy atom. The van der Waals surface area contributed by atoms with Crippen molar-refractivity contribution in [2.45, 2.75) is 19.8 Å². The minimum absolute atomic E-state index is 0.113. The summed E-state index contributed by atoms with van der Waals surface area (Å²) < 4.78 is 15.9. The summed E-state index contributed by atoms with van der Waals surface area (Å²) in [5.74, 6) is 2.09. The van der Waals surface area contributed by atoms with E-state index in [1.807, 2.05) is 12.1 Å². The van der Waals surface area contributed by atoms with E-state index in [0.29, 0.717) is 23.6 Å². The molecule has 0 saturated heterocycles. The summed E-state index contributed by atoms with van der Waals surface area (Å²) in [5, 5.41) is 2.94. The Hall–Kier alpha value is -2.69. The van der Waals surface area contributed by atoms with E-state index in [-0.39, 0.29) is 12.7 Å². The largest absolute Gasteiger partial charge is 0.496 e. The van der Waals surface area contributed by atoms with Crippen LogP contribution >= 0.6 is 0 Å². The normalized spacial score (nSPS) is 12.1. The average molecular weight is 327 g/mol. The lowest BCUT2D eigenvalue weighted by Crippen LogP contribution is -2.25. The second-order valence-electron chi connectivity index (χ2n) is 5.57. The molecule has 126 valence electrons. The topological polar surface area (TPSA) is 56.8 Å². The van der Waals surface area contributed by atoms with Crippen LogP contribution in [-0.2, 0) is 12.8 Å². The Kier molecular flexibility index (Phi) is 4.89. The van der Waals surface area contributed by atoms with E-state index in [9.17, 15) is 4.79 Å². The molecule has 2 aromatic carbocycles. The maximum Gasteiger partial charge on any atom is 0.251 e. The Morgan fingerprint density at radius 3 is 2.79 bits per heavy atom. The van der Waals surface area contributed by atoms with Crippen LogP contribution in [-0.4, -0.2) is 26.4 Å². The highest BCUT2D eigenvalue weighted by Gasteiger charge is 2.16. The van der Waals surface area contributed by atoms with Gasteiger partial charge in [-0.15, -0.1) is 0 Å². The van der Waals surface area contributed by atoms with Crippen LogP contribution in [0.4, 0.5) is 0 Å². The second kappa shape index (κ2) is 7.25. The van der Waals surface area contributed by atoms with Gasteiger partial charge in [0.2, 0.25) is 6.79 Å². The third-order valence-corrected chi connectivity index (χ3v) is 4.06. The van der Waals surface area contributed by atoms with E-state index in [0.717, 1.165) is 18.6 Å². The van der Waals surface area contributed by atoms with Gasteiger partial charge >= 0.3 is 0 Å². The first kappa shape index (κ1) is 16.2. The van der Waals surface area contributed by atoms with Crippen LogP contribution in [0.25, 0.3) is 0 Å². The fourth-order valence-electron chi connectivity index (χ4n) is 2.72. The highest BCUT2D eigenvalue weighted by molar-refractivity contribution is 5.94. The van der Waals surface area contributed by atoms with Gasteiger partial charge in [0.25, 0.3) is 5.91 Å². The lowest BCUT2D eigenvalue weighted by Gasteiger charge is -2.10. The van der Waals surface area contributed by atoms with Gasteiger partial charge in [-0.25, -0.2) is 0 Å². The molecule has 0 bridgehead atoms. The molecule has 1 amide bonds. The molecule has 1 N–H and O–H groups in total. The number of hydrogen-bond donors (Lipinski definition) is 1. The number of hydrogen-bond acceptors (Lipinski definition) is 4. The van der Waals surface area contributed by atoms with Crippen LogP contribution in [0.2, 0.25) is 0 Å². The predicted octanol–water partition coefficient (Wildman–Crippen LogP) is 2.96. The SMILES string of the molecule is CCc1cc(CCNC(=O)c2ccc3c(c2)OCO3)ccc1OC. The van der Waals surface area contributed by atoms with E-state index >= 15 is 0 Å². The highest BCUT2D eigenvalue weighted by atomic mass is 16.7. The zero-order chi connectivity index (χ0) is 16.9. The summed E-state index contributed by atoms with van der Waals surface area (Å²) in [4.78, 5) is 12.2. The van der Waals surface area contributed by atoms with Crippen molar-refractivity contribution in [3.8, 4) is 17.2 Å². The summed E-state index contributed by atoms with van der Waals surface area (Å²) in [6.45, 7) is 2.88. The molecule has 5 nitrogen and oxygen atoms in total. The molecular formula is C19H21NO4. The van der Waals surface area contributed by atoms with Crippen molar-refractivity contribution < 1.29 is 19.0 Å². The third kappa shape index (κ3) is 3.45. The van der Waals surface area contributed by atoms with Gasteiger partial charge in [-0.2, -0.15) is 0 Å². The summed E-state index contributed by atoms with van der Waals surface area (Å²) in [6, 6.07) is 11.4. The number of amides is 1. The maximum absolute atomic E-state index is 12.2. The zero-order valence-electron chi connectivity index (χ0n) is 13.9. The lowest BCUT2D eigenvalue weighted by molar-refractivity contribution is 0.0953. The number of carbonyl (C=O) groups excluding carboxylic acids is 1. The van der Waals surface area contributed by atoms with Crippen LogP contribution in [0.1, 0.15) is 28.4 Å². The maximum atomic E-state index is 12.2. The molecule has 0 aliphatic carbocycles. The smallest absolute Gasteiger partial charge is 0.251 e. The predicted molar refractivity (Wildman–Crippen MR) is 91.0 cm³/mol. The van der Waals surface area contributed by atoms with Crippen molar-refractivity contribution in [1.29, 1.82) is 0 Å². The molecule has 0 unspecified atom stereocenters. The van der Waals surface area contributed by atoms with Crippen molar-refractivity contribution in [2.75, 3.05) is 20.4 Å². The van der Waals surface area contributed by atoms with Gasteiger partial charge in [-0.3, -0.25) is 4.79 Å². The molecule has 0 aromatic heterocycles. The number of carbonyl (C=O) groups is 1. The van der Waals surface area contributed by atoms with Gasteiger partial charge in [0.1, 0.15) is 5.75 Å². The van der Waals surface area contributed by atoms with Gasteiger partial charge in [-0.1, -0.05) is 19.1 Å². The quantitative estimate of drug-likeness (QED) is 0.886. The molecular weight excluding hydrogens is 306 g/mol. The van der Waals surface area contributed by atoms with Crippen molar-refractivity contribution >= 4 is 5.91 Å². The van der Waals surface area contributed by atoms with E-state index in [1.54, 1.807) is 25.3 Å². The molecule has 5 heteroatoms. The Balaban J connectivity index is 1.57. The summed E-state index contributed by atoms with van der Waals surface area (Å²) in [6.07, 6.45) is 1.69. The van der Waals surface area contributed by atoms with Crippen molar-refractivity contribution in [2.24, 2.45) is 0 Å². The average Bonchev–Trinajstić information content (AvgIpc) is 3.09. The van der Waals surface area contributed by atoms with Crippen LogP contribution < -0.4 is 19.5 Å². The van der Waals surface area contributed by atoms with Crippen molar-refractivity contribution in [3.05, 3.63) is 53.1 Å². The van der Waals surface area contributed by atoms with Gasteiger partial charge in [-0.05, 0) is 48.2 Å². The fourth-order valence-corrected chi connectivity index (χ4v) is 2.72. The molecule has 24 heavy (non-hydrogen) atoms. The zero-order valence-corrected chi connectivity index (χ0v) is 13.9. The molecule has 1 heterocycles. The fraction of sp³-hybridized carbons (Fsp3) is 0.316. The number of nitrogens with one attached hydrogen (secondary N) is 1. The number of benzene rings is 2. The van der Waals surface area contributed by atoms with Gasteiger partial charge in [0.15, 0.2) is 11.5 Å². The van der Waals surface area contributed by atoms with Crippen LogP contribution in [0.3, 0.4) is 0 Å². The molecule has 2 aromatic rings. The minimum atomic E-state index is -0.113. The molecule has 0 spiro atoms. The molecule has 1 aliphatic rings. The molecule has 0 atom stereocenters. The summed E-state index contributed by atoms with van der Waals surface area (Å²) in [5.41, 5.74) is 2.93. The van der Waals surface area contributed by atoms with Crippen molar-refractivity contribution in [3.63, 3.8) is 0 Å². The van der Waals surface area contributed by atoms with Crippen molar-refractivity contribution in [1.82, 2.24) is 5.32 Å². The van der Waals surface area contributed by atoms with E-state index in [4.69, 9.17) is 14.2 Å². The van der Waals surface area contributed by atoms with Crippen LogP contribution in [0, 0.1) is 0 Å². The number of fused-ring (bicyclic) bond motifs is 1. The Labute approximate surface area is 141 Å². The monoisotopic (exact) mass is 327 g/mol. The van der Waals surface area contributed by atoms with E-state index in [2.05, 4.69) is 18.3 Å². The number of rotatable bonds is 6. The van der Waals surface area contributed by atoms with E-state index < -0.39 is 0 Å². The Morgan fingerprint density at radius 2 is 2.00 bits per heavy atom. The molecule has 1 aliphatic heterocycles. The number of ether oxygens (including phenoxy) is 3. The lowest BCUT2D eigenvalue weighted by atomic mass is 10.1. The number of methoxy groups -OCH3 is 1.